The monoisotopic (exact) mass is 252 g/mol. The van der Waals surface area contributed by atoms with E-state index in [0.29, 0.717) is 0 Å². The summed E-state index contributed by atoms with van der Waals surface area (Å²) in [5, 5.41) is 5.69. The molecule has 1 aromatic carbocycles. The highest BCUT2D eigenvalue weighted by Crippen LogP contribution is 2.23. The van der Waals surface area contributed by atoms with E-state index in [1.165, 1.54) is 5.56 Å². The SMILES string of the molecule is Cn1nc(C(N)Cc2ccncc2)c2ccccc21. The van der Waals surface area contributed by atoms with Crippen LogP contribution in [0.2, 0.25) is 0 Å². The molecule has 0 radical (unpaired) electrons. The van der Waals surface area contributed by atoms with E-state index < -0.39 is 0 Å². The van der Waals surface area contributed by atoms with E-state index in [0.717, 1.165) is 23.0 Å². The van der Waals surface area contributed by atoms with Crippen LogP contribution in [0.5, 0.6) is 0 Å². The van der Waals surface area contributed by atoms with E-state index >= 15 is 0 Å². The van der Waals surface area contributed by atoms with Crippen LogP contribution in [0.15, 0.2) is 48.8 Å². The molecule has 96 valence electrons. The van der Waals surface area contributed by atoms with Gasteiger partial charge in [-0.2, -0.15) is 5.10 Å². The lowest BCUT2D eigenvalue weighted by Gasteiger charge is -2.09. The van der Waals surface area contributed by atoms with Crippen molar-refractivity contribution in [1.82, 2.24) is 14.8 Å². The molecule has 0 saturated carbocycles. The highest BCUT2D eigenvalue weighted by Gasteiger charge is 2.15. The Kier molecular flexibility index (Phi) is 3.01. The van der Waals surface area contributed by atoms with E-state index in [4.69, 9.17) is 5.73 Å². The number of rotatable bonds is 3. The van der Waals surface area contributed by atoms with Crippen molar-refractivity contribution < 1.29 is 0 Å². The summed E-state index contributed by atoms with van der Waals surface area (Å²) in [6.07, 6.45) is 4.35. The third kappa shape index (κ3) is 2.22. The van der Waals surface area contributed by atoms with Gasteiger partial charge in [-0.15, -0.1) is 0 Å². The molecule has 0 amide bonds. The van der Waals surface area contributed by atoms with Crippen molar-refractivity contribution in [1.29, 1.82) is 0 Å². The number of nitrogens with two attached hydrogens (primary N) is 1. The molecule has 0 aliphatic rings. The standard InChI is InChI=1S/C15H16N4/c1-19-14-5-3-2-4-12(14)15(18-19)13(16)10-11-6-8-17-9-7-11/h2-9,13H,10,16H2,1H3. The summed E-state index contributed by atoms with van der Waals surface area (Å²) >= 11 is 0. The second kappa shape index (κ2) is 4.82. The van der Waals surface area contributed by atoms with E-state index in [-0.39, 0.29) is 6.04 Å². The molecule has 0 aliphatic carbocycles. The van der Waals surface area contributed by atoms with Gasteiger partial charge in [-0.25, -0.2) is 0 Å². The molecule has 0 spiro atoms. The van der Waals surface area contributed by atoms with Crippen LogP contribution in [-0.4, -0.2) is 14.8 Å². The zero-order chi connectivity index (χ0) is 13.2. The molecule has 19 heavy (non-hydrogen) atoms. The van der Waals surface area contributed by atoms with Gasteiger partial charge >= 0.3 is 0 Å². The maximum absolute atomic E-state index is 6.31. The molecule has 1 unspecified atom stereocenters. The van der Waals surface area contributed by atoms with Crippen molar-refractivity contribution in [2.45, 2.75) is 12.5 Å². The average molecular weight is 252 g/mol. The third-order valence-electron chi connectivity index (χ3n) is 3.34. The molecule has 3 rings (SSSR count). The molecule has 2 N–H and O–H groups in total. The Morgan fingerprint density at radius 1 is 1.16 bits per heavy atom. The maximum atomic E-state index is 6.31. The topological polar surface area (TPSA) is 56.7 Å². The lowest BCUT2D eigenvalue weighted by Crippen LogP contribution is -2.14. The van der Waals surface area contributed by atoms with E-state index in [1.807, 2.05) is 36.0 Å². The Labute approximate surface area is 111 Å². The second-order valence-electron chi connectivity index (χ2n) is 4.69. The van der Waals surface area contributed by atoms with Crippen LogP contribution < -0.4 is 5.73 Å². The molecule has 0 fully saturated rings. The highest BCUT2D eigenvalue weighted by molar-refractivity contribution is 5.82. The fourth-order valence-corrected chi connectivity index (χ4v) is 2.39. The highest BCUT2D eigenvalue weighted by atomic mass is 15.3. The molecule has 2 aromatic heterocycles. The minimum Gasteiger partial charge on any atom is -0.322 e. The second-order valence-corrected chi connectivity index (χ2v) is 4.69. The summed E-state index contributed by atoms with van der Waals surface area (Å²) in [4.78, 5) is 4.02. The fourth-order valence-electron chi connectivity index (χ4n) is 2.39. The quantitative estimate of drug-likeness (QED) is 0.777. The average Bonchev–Trinajstić information content (AvgIpc) is 2.78. The predicted octanol–water partition coefficient (Wildman–Crippen LogP) is 2.21. The number of fused-ring (bicyclic) bond motifs is 1. The van der Waals surface area contributed by atoms with E-state index in [9.17, 15) is 0 Å². The number of benzene rings is 1. The number of pyridine rings is 1. The Morgan fingerprint density at radius 3 is 2.68 bits per heavy atom. The summed E-state index contributed by atoms with van der Waals surface area (Å²) in [7, 11) is 1.95. The normalized spacial score (nSPS) is 12.7. The van der Waals surface area contributed by atoms with Gasteiger partial charge in [0, 0.05) is 24.8 Å². The minimum atomic E-state index is -0.103. The van der Waals surface area contributed by atoms with Gasteiger partial charge in [0.1, 0.15) is 0 Å². The molecular formula is C15H16N4. The first-order chi connectivity index (χ1) is 9.25. The van der Waals surface area contributed by atoms with Crippen LogP contribution in [0.4, 0.5) is 0 Å². The Bertz CT molecular complexity index is 688. The van der Waals surface area contributed by atoms with Crippen molar-refractivity contribution in [3.63, 3.8) is 0 Å². The van der Waals surface area contributed by atoms with Crippen molar-refractivity contribution in [3.8, 4) is 0 Å². The molecular weight excluding hydrogens is 236 g/mol. The first-order valence-electron chi connectivity index (χ1n) is 6.32. The van der Waals surface area contributed by atoms with Crippen LogP contribution in [0.1, 0.15) is 17.3 Å². The van der Waals surface area contributed by atoms with Crippen LogP contribution in [0.3, 0.4) is 0 Å². The molecule has 2 heterocycles. The maximum Gasteiger partial charge on any atom is 0.0873 e. The summed E-state index contributed by atoms with van der Waals surface area (Å²) in [5.41, 5.74) is 9.56. The van der Waals surface area contributed by atoms with Crippen LogP contribution >= 0.6 is 0 Å². The molecule has 0 saturated heterocycles. The van der Waals surface area contributed by atoms with Crippen molar-refractivity contribution in [2.24, 2.45) is 12.8 Å². The van der Waals surface area contributed by atoms with Gasteiger partial charge in [-0.1, -0.05) is 18.2 Å². The summed E-state index contributed by atoms with van der Waals surface area (Å²) < 4.78 is 1.89. The molecule has 0 bridgehead atoms. The van der Waals surface area contributed by atoms with Gasteiger partial charge in [-0.05, 0) is 30.2 Å². The number of nitrogens with zero attached hydrogens (tertiary/aromatic N) is 3. The summed E-state index contributed by atoms with van der Waals surface area (Å²) in [6.45, 7) is 0. The smallest absolute Gasteiger partial charge is 0.0873 e. The predicted molar refractivity (Wildman–Crippen MR) is 75.6 cm³/mol. The first kappa shape index (κ1) is 11.9. The van der Waals surface area contributed by atoms with Crippen LogP contribution in [0, 0.1) is 0 Å². The fraction of sp³-hybridized carbons (Fsp3) is 0.200. The Balaban J connectivity index is 1.96. The van der Waals surface area contributed by atoms with Gasteiger partial charge in [0.05, 0.1) is 17.3 Å². The molecule has 0 aliphatic heterocycles. The lowest BCUT2D eigenvalue weighted by atomic mass is 10.0. The van der Waals surface area contributed by atoms with Gasteiger partial charge < -0.3 is 5.73 Å². The molecule has 1 atom stereocenters. The van der Waals surface area contributed by atoms with E-state index in [1.54, 1.807) is 12.4 Å². The largest absolute Gasteiger partial charge is 0.322 e. The minimum absolute atomic E-state index is 0.103. The number of hydrogen-bond donors (Lipinski definition) is 1. The number of para-hydroxylation sites is 1. The Hall–Kier alpha value is -2.20. The number of aryl methyl sites for hydroxylation is 1. The van der Waals surface area contributed by atoms with Gasteiger partial charge in [0.2, 0.25) is 0 Å². The summed E-state index contributed by atoms with van der Waals surface area (Å²) in [5.74, 6) is 0. The van der Waals surface area contributed by atoms with Gasteiger partial charge in [0.15, 0.2) is 0 Å². The van der Waals surface area contributed by atoms with Gasteiger partial charge in [-0.3, -0.25) is 9.67 Å². The third-order valence-corrected chi connectivity index (χ3v) is 3.34. The lowest BCUT2D eigenvalue weighted by molar-refractivity contribution is 0.665. The van der Waals surface area contributed by atoms with Crippen molar-refractivity contribution in [3.05, 3.63) is 60.0 Å². The Morgan fingerprint density at radius 2 is 1.89 bits per heavy atom. The first-order valence-corrected chi connectivity index (χ1v) is 6.32. The van der Waals surface area contributed by atoms with Crippen molar-refractivity contribution in [2.75, 3.05) is 0 Å². The van der Waals surface area contributed by atoms with E-state index in [2.05, 4.69) is 22.2 Å². The molecule has 4 heteroatoms. The van der Waals surface area contributed by atoms with Crippen LogP contribution in [0.25, 0.3) is 10.9 Å². The van der Waals surface area contributed by atoms with Crippen molar-refractivity contribution >= 4 is 10.9 Å². The van der Waals surface area contributed by atoms with Gasteiger partial charge in [0.25, 0.3) is 0 Å². The van der Waals surface area contributed by atoms with Crippen LogP contribution in [-0.2, 0) is 13.5 Å². The number of aromatic nitrogens is 3. The zero-order valence-corrected chi connectivity index (χ0v) is 10.8. The molecule has 3 aromatic rings. The number of hydrogen-bond acceptors (Lipinski definition) is 3. The zero-order valence-electron chi connectivity index (χ0n) is 10.8. The summed E-state index contributed by atoms with van der Waals surface area (Å²) in [6, 6.07) is 12.0. The molecule has 4 nitrogen and oxygen atoms in total.